The molecule has 3 heteroatoms. The number of nitrogens with two attached hydrogens (primary N) is 1. The molecule has 2 aromatic rings. The lowest BCUT2D eigenvalue weighted by molar-refractivity contribution is -0.00582. The van der Waals surface area contributed by atoms with Gasteiger partial charge in [-0.1, -0.05) is 18.2 Å². The highest BCUT2D eigenvalue weighted by atomic mass is 16.3. The van der Waals surface area contributed by atoms with E-state index in [0.717, 1.165) is 35.7 Å². The Kier molecular flexibility index (Phi) is 2.80. The minimum absolute atomic E-state index is 0.0932. The summed E-state index contributed by atoms with van der Waals surface area (Å²) >= 11 is 0. The van der Waals surface area contributed by atoms with E-state index < -0.39 is 5.60 Å². The van der Waals surface area contributed by atoms with Crippen LogP contribution in [0, 0.1) is 0 Å². The highest BCUT2D eigenvalue weighted by molar-refractivity contribution is 5.82. The molecule has 18 heavy (non-hydrogen) atoms. The summed E-state index contributed by atoms with van der Waals surface area (Å²) in [6.45, 7) is 0. The number of hydrogen-bond acceptors (Lipinski definition) is 3. The number of fused-ring (bicyclic) bond motifs is 1. The van der Waals surface area contributed by atoms with Crippen LogP contribution in [0.2, 0.25) is 0 Å². The van der Waals surface area contributed by atoms with Gasteiger partial charge in [-0.3, -0.25) is 4.98 Å². The molecule has 1 aliphatic carbocycles. The van der Waals surface area contributed by atoms with Gasteiger partial charge in [-0.15, -0.1) is 0 Å². The van der Waals surface area contributed by atoms with Gasteiger partial charge in [-0.25, -0.2) is 0 Å². The van der Waals surface area contributed by atoms with E-state index in [0.29, 0.717) is 6.42 Å². The Balaban J connectivity index is 2.13. The third kappa shape index (κ3) is 1.89. The van der Waals surface area contributed by atoms with E-state index in [1.807, 2.05) is 30.3 Å². The van der Waals surface area contributed by atoms with Crippen LogP contribution in [-0.4, -0.2) is 16.1 Å². The maximum Gasteiger partial charge on any atom is 0.0917 e. The Bertz CT molecular complexity index is 564. The Morgan fingerprint density at radius 3 is 3.00 bits per heavy atom. The van der Waals surface area contributed by atoms with E-state index in [4.69, 9.17) is 5.73 Å². The zero-order valence-electron chi connectivity index (χ0n) is 10.3. The SMILES string of the molecule is NC1CCCC(O)(c2cccc3ncccc23)C1. The van der Waals surface area contributed by atoms with Gasteiger partial charge >= 0.3 is 0 Å². The third-order valence-electron chi connectivity index (χ3n) is 3.91. The molecule has 3 nitrogen and oxygen atoms in total. The molecule has 1 saturated carbocycles. The lowest BCUT2D eigenvalue weighted by Crippen LogP contribution is -2.39. The van der Waals surface area contributed by atoms with Crippen LogP contribution in [0.15, 0.2) is 36.5 Å². The van der Waals surface area contributed by atoms with Crippen LogP contribution in [0.5, 0.6) is 0 Å². The highest BCUT2D eigenvalue weighted by Gasteiger charge is 2.35. The van der Waals surface area contributed by atoms with Crippen LogP contribution in [0.1, 0.15) is 31.2 Å². The van der Waals surface area contributed by atoms with E-state index in [1.54, 1.807) is 6.20 Å². The molecule has 0 saturated heterocycles. The number of rotatable bonds is 1. The van der Waals surface area contributed by atoms with Crippen molar-refractivity contribution in [3.8, 4) is 0 Å². The second-order valence-electron chi connectivity index (χ2n) is 5.26. The topological polar surface area (TPSA) is 59.1 Å². The molecular formula is C15H18N2O. The van der Waals surface area contributed by atoms with Gasteiger partial charge in [0.05, 0.1) is 11.1 Å². The van der Waals surface area contributed by atoms with E-state index in [-0.39, 0.29) is 6.04 Å². The Morgan fingerprint density at radius 1 is 1.28 bits per heavy atom. The molecular weight excluding hydrogens is 224 g/mol. The van der Waals surface area contributed by atoms with E-state index in [2.05, 4.69) is 4.98 Å². The zero-order chi connectivity index (χ0) is 12.6. The van der Waals surface area contributed by atoms with Gasteiger partial charge in [0, 0.05) is 17.6 Å². The predicted octanol–water partition coefficient (Wildman–Crippen LogP) is 2.32. The molecule has 94 valence electrons. The van der Waals surface area contributed by atoms with Gasteiger partial charge in [0.2, 0.25) is 0 Å². The first-order valence-electron chi connectivity index (χ1n) is 6.51. The summed E-state index contributed by atoms with van der Waals surface area (Å²) in [4.78, 5) is 4.34. The first-order valence-corrected chi connectivity index (χ1v) is 6.51. The lowest BCUT2D eigenvalue weighted by Gasteiger charge is -2.36. The molecule has 0 spiro atoms. The second-order valence-corrected chi connectivity index (χ2v) is 5.26. The van der Waals surface area contributed by atoms with Gasteiger partial charge in [0.1, 0.15) is 0 Å². The average Bonchev–Trinajstić information content (AvgIpc) is 2.38. The van der Waals surface area contributed by atoms with Crippen molar-refractivity contribution in [1.29, 1.82) is 0 Å². The van der Waals surface area contributed by atoms with Crippen molar-refractivity contribution in [2.75, 3.05) is 0 Å². The normalized spacial score (nSPS) is 28.4. The summed E-state index contributed by atoms with van der Waals surface area (Å²) in [5, 5.41) is 11.9. The predicted molar refractivity (Wildman–Crippen MR) is 72.1 cm³/mol. The molecule has 0 aliphatic heterocycles. The summed E-state index contributed by atoms with van der Waals surface area (Å²) in [6.07, 6.45) is 5.19. The number of aliphatic hydroxyl groups is 1. The number of pyridine rings is 1. The van der Waals surface area contributed by atoms with Crippen molar-refractivity contribution in [2.24, 2.45) is 5.73 Å². The monoisotopic (exact) mass is 242 g/mol. The summed E-state index contributed by atoms with van der Waals surface area (Å²) in [6, 6.07) is 9.97. The van der Waals surface area contributed by atoms with Crippen LogP contribution in [0.25, 0.3) is 10.9 Å². The summed E-state index contributed by atoms with van der Waals surface area (Å²) < 4.78 is 0. The van der Waals surface area contributed by atoms with Crippen molar-refractivity contribution in [1.82, 2.24) is 4.98 Å². The lowest BCUT2D eigenvalue weighted by atomic mass is 9.76. The van der Waals surface area contributed by atoms with Crippen LogP contribution in [0.4, 0.5) is 0 Å². The molecule has 0 bridgehead atoms. The fraction of sp³-hybridized carbons (Fsp3) is 0.400. The van der Waals surface area contributed by atoms with E-state index in [1.165, 1.54) is 0 Å². The number of hydrogen-bond donors (Lipinski definition) is 2. The first-order chi connectivity index (χ1) is 8.69. The molecule has 1 aliphatic rings. The van der Waals surface area contributed by atoms with Gasteiger partial charge in [-0.05, 0) is 43.4 Å². The van der Waals surface area contributed by atoms with Crippen molar-refractivity contribution in [3.63, 3.8) is 0 Å². The maximum absolute atomic E-state index is 10.9. The van der Waals surface area contributed by atoms with E-state index >= 15 is 0 Å². The zero-order valence-corrected chi connectivity index (χ0v) is 10.3. The minimum atomic E-state index is -0.791. The Labute approximate surface area is 107 Å². The minimum Gasteiger partial charge on any atom is -0.385 e. The van der Waals surface area contributed by atoms with Crippen molar-refractivity contribution < 1.29 is 5.11 Å². The van der Waals surface area contributed by atoms with Gasteiger partial charge in [0.25, 0.3) is 0 Å². The van der Waals surface area contributed by atoms with Crippen molar-refractivity contribution in [2.45, 2.75) is 37.3 Å². The molecule has 3 N–H and O–H groups in total. The molecule has 0 radical (unpaired) electrons. The van der Waals surface area contributed by atoms with Crippen LogP contribution >= 0.6 is 0 Å². The smallest absolute Gasteiger partial charge is 0.0917 e. The molecule has 2 unspecified atom stereocenters. The Morgan fingerprint density at radius 2 is 2.17 bits per heavy atom. The molecule has 3 rings (SSSR count). The fourth-order valence-corrected chi connectivity index (χ4v) is 3.05. The number of nitrogens with zero attached hydrogens (tertiary/aromatic N) is 1. The van der Waals surface area contributed by atoms with Crippen LogP contribution in [0.3, 0.4) is 0 Å². The quantitative estimate of drug-likeness (QED) is 0.806. The summed E-state index contributed by atoms with van der Waals surface area (Å²) in [5.74, 6) is 0. The molecule has 1 fully saturated rings. The summed E-state index contributed by atoms with van der Waals surface area (Å²) in [5.41, 5.74) is 7.13. The fourth-order valence-electron chi connectivity index (χ4n) is 3.05. The molecule has 1 aromatic carbocycles. The molecule has 0 amide bonds. The second kappa shape index (κ2) is 4.34. The standard InChI is InChI=1S/C15H18N2O/c16-11-4-2-8-15(18,10-11)13-6-1-7-14-12(13)5-3-9-17-14/h1,3,5-7,9,11,18H,2,4,8,10,16H2. The van der Waals surface area contributed by atoms with Crippen molar-refractivity contribution >= 4 is 10.9 Å². The molecule has 1 heterocycles. The van der Waals surface area contributed by atoms with Crippen LogP contribution < -0.4 is 5.73 Å². The first kappa shape index (κ1) is 11.6. The summed E-state index contributed by atoms with van der Waals surface area (Å²) in [7, 11) is 0. The van der Waals surface area contributed by atoms with E-state index in [9.17, 15) is 5.11 Å². The highest BCUT2D eigenvalue weighted by Crippen LogP contribution is 2.39. The average molecular weight is 242 g/mol. The van der Waals surface area contributed by atoms with Gasteiger partial charge in [0.15, 0.2) is 0 Å². The number of benzene rings is 1. The Hall–Kier alpha value is -1.45. The van der Waals surface area contributed by atoms with Gasteiger partial charge in [-0.2, -0.15) is 0 Å². The molecule has 1 aromatic heterocycles. The maximum atomic E-state index is 10.9. The van der Waals surface area contributed by atoms with Gasteiger partial charge < -0.3 is 10.8 Å². The largest absolute Gasteiger partial charge is 0.385 e. The third-order valence-corrected chi connectivity index (χ3v) is 3.91. The van der Waals surface area contributed by atoms with Crippen LogP contribution in [-0.2, 0) is 5.60 Å². The van der Waals surface area contributed by atoms with Crippen molar-refractivity contribution in [3.05, 3.63) is 42.1 Å². The molecule has 2 atom stereocenters. The number of aromatic nitrogens is 1.